The van der Waals surface area contributed by atoms with Gasteiger partial charge in [-0.1, -0.05) is 30.4 Å². The van der Waals surface area contributed by atoms with E-state index in [1.54, 1.807) is 24.3 Å². The summed E-state index contributed by atoms with van der Waals surface area (Å²) in [6.07, 6.45) is 4.47. The molecule has 0 aliphatic heterocycles. The van der Waals surface area contributed by atoms with Crippen LogP contribution in [0.2, 0.25) is 0 Å². The van der Waals surface area contributed by atoms with Crippen LogP contribution in [0.3, 0.4) is 0 Å². The van der Waals surface area contributed by atoms with E-state index >= 15 is 0 Å². The van der Waals surface area contributed by atoms with Crippen LogP contribution in [0.4, 0.5) is 0 Å². The van der Waals surface area contributed by atoms with Gasteiger partial charge in [-0.15, -0.1) is 0 Å². The molecule has 0 unspecified atom stereocenters. The molecule has 1 aromatic carbocycles. The van der Waals surface area contributed by atoms with Gasteiger partial charge in [0.05, 0.1) is 6.54 Å². The SMILES string of the molecule is O=C(CNC(=O)c1ccccc1)N[C@@H]1C=C[C@H](CO)C1. The average Bonchev–Trinajstić information content (AvgIpc) is 2.93. The minimum absolute atomic E-state index is 0.0537. The van der Waals surface area contributed by atoms with E-state index < -0.39 is 0 Å². The first-order valence-corrected chi connectivity index (χ1v) is 6.61. The van der Waals surface area contributed by atoms with Crippen molar-refractivity contribution in [2.45, 2.75) is 12.5 Å². The average molecular weight is 274 g/mol. The zero-order valence-corrected chi connectivity index (χ0v) is 11.1. The van der Waals surface area contributed by atoms with Gasteiger partial charge in [-0.2, -0.15) is 0 Å². The van der Waals surface area contributed by atoms with Crippen molar-refractivity contribution >= 4 is 11.8 Å². The molecule has 106 valence electrons. The van der Waals surface area contributed by atoms with Crippen LogP contribution in [-0.4, -0.2) is 36.1 Å². The van der Waals surface area contributed by atoms with Gasteiger partial charge >= 0.3 is 0 Å². The molecule has 5 heteroatoms. The van der Waals surface area contributed by atoms with E-state index in [0.717, 1.165) is 0 Å². The first-order chi connectivity index (χ1) is 9.69. The highest BCUT2D eigenvalue weighted by molar-refractivity contribution is 5.96. The Bertz CT molecular complexity index is 499. The Hall–Kier alpha value is -2.14. The summed E-state index contributed by atoms with van der Waals surface area (Å²) in [5, 5.41) is 14.4. The number of carbonyl (C=O) groups excluding carboxylic acids is 2. The lowest BCUT2D eigenvalue weighted by molar-refractivity contribution is -0.120. The third-order valence-electron chi connectivity index (χ3n) is 3.20. The van der Waals surface area contributed by atoms with E-state index in [2.05, 4.69) is 10.6 Å². The zero-order chi connectivity index (χ0) is 14.4. The molecule has 0 saturated heterocycles. The number of carbonyl (C=O) groups is 2. The Morgan fingerprint density at radius 1 is 1.20 bits per heavy atom. The standard InChI is InChI=1S/C15H18N2O3/c18-10-11-6-7-13(8-11)17-14(19)9-16-15(20)12-4-2-1-3-5-12/h1-7,11,13,18H,8-10H2,(H,16,20)(H,17,19)/t11-,13+/m0/s1. The van der Waals surface area contributed by atoms with Gasteiger partial charge in [0.15, 0.2) is 0 Å². The molecule has 2 atom stereocenters. The molecule has 1 aliphatic carbocycles. The van der Waals surface area contributed by atoms with Crippen LogP contribution in [0.25, 0.3) is 0 Å². The Kier molecular flexibility index (Phi) is 4.90. The van der Waals surface area contributed by atoms with Crippen molar-refractivity contribution in [3.05, 3.63) is 48.0 Å². The molecule has 20 heavy (non-hydrogen) atoms. The van der Waals surface area contributed by atoms with E-state index in [1.807, 2.05) is 18.2 Å². The Morgan fingerprint density at radius 2 is 1.95 bits per heavy atom. The summed E-state index contributed by atoms with van der Waals surface area (Å²) in [6.45, 7) is 0.0372. The highest BCUT2D eigenvalue weighted by Gasteiger charge is 2.19. The second-order valence-corrected chi connectivity index (χ2v) is 4.79. The lowest BCUT2D eigenvalue weighted by Crippen LogP contribution is -2.41. The van der Waals surface area contributed by atoms with E-state index in [4.69, 9.17) is 5.11 Å². The number of hydrogen-bond donors (Lipinski definition) is 3. The van der Waals surface area contributed by atoms with Crippen LogP contribution < -0.4 is 10.6 Å². The quantitative estimate of drug-likeness (QED) is 0.683. The van der Waals surface area contributed by atoms with Crippen molar-refractivity contribution in [3.8, 4) is 0 Å². The van der Waals surface area contributed by atoms with Gasteiger partial charge in [0, 0.05) is 24.1 Å². The molecule has 0 radical (unpaired) electrons. The van der Waals surface area contributed by atoms with E-state index in [0.29, 0.717) is 12.0 Å². The number of nitrogens with one attached hydrogen (secondary N) is 2. The van der Waals surface area contributed by atoms with Crippen molar-refractivity contribution in [3.63, 3.8) is 0 Å². The number of aliphatic hydroxyl groups excluding tert-OH is 1. The fourth-order valence-electron chi connectivity index (χ4n) is 2.13. The molecule has 0 fully saturated rings. The lowest BCUT2D eigenvalue weighted by atomic mass is 10.1. The maximum atomic E-state index is 11.7. The highest BCUT2D eigenvalue weighted by Crippen LogP contribution is 2.16. The fourth-order valence-corrected chi connectivity index (χ4v) is 2.13. The van der Waals surface area contributed by atoms with Gasteiger partial charge in [0.1, 0.15) is 0 Å². The molecule has 0 saturated carbocycles. The number of rotatable bonds is 5. The first kappa shape index (κ1) is 14.3. The molecule has 0 bridgehead atoms. The Labute approximate surface area is 117 Å². The predicted molar refractivity (Wildman–Crippen MR) is 75.0 cm³/mol. The van der Waals surface area contributed by atoms with Crippen molar-refractivity contribution in [1.29, 1.82) is 0 Å². The topological polar surface area (TPSA) is 78.4 Å². The van der Waals surface area contributed by atoms with E-state index in [1.165, 1.54) is 0 Å². The maximum Gasteiger partial charge on any atom is 0.251 e. The van der Waals surface area contributed by atoms with Gasteiger partial charge in [-0.05, 0) is 18.6 Å². The molecular weight excluding hydrogens is 256 g/mol. The maximum absolute atomic E-state index is 11.7. The van der Waals surface area contributed by atoms with E-state index in [9.17, 15) is 9.59 Å². The summed E-state index contributed by atoms with van der Waals surface area (Å²) < 4.78 is 0. The molecule has 0 aromatic heterocycles. The molecular formula is C15H18N2O3. The molecule has 5 nitrogen and oxygen atoms in total. The second-order valence-electron chi connectivity index (χ2n) is 4.79. The predicted octanol–water partition coefficient (Wildman–Crippen LogP) is 0.470. The minimum atomic E-state index is -0.268. The number of amides is 2. The van der Waals surface area contributed by atoms with Crippen LogP contribution in [0.5, 0.6) is 0 Å². The number of hydrogen-bond acceptors (Lipinski definition) is 3. The summed E-state index contributed by atoms with van der Waals surface area (Å²) in [4.78, 5) is 23.5. The number of benzene rings is 1. The molecule has 0 heterocycles. The minimum Gasteiger partial charge on any atom is -0.396 e. The van der Waals surface area contributed by atoms with Gasteiger partial charge in [0.25, 0.3) is 5.91 Å². The summed E-state index contributed by atoms with van der Waals surface area (Å²) in [7, 11) is 0. The lowest BCUT2D eigenvalue weighted by Gasteiger charge is -2.13. The second kappa shape index (κ2) is 6.86. The molecule has 1 aromatic rings. The highest BCUT2D eigenvalue weighted by atomic mass is 16.3. The summed E-state index contributed by atoms with van der Waals surface area (Å²) in [5.41, 5.74) is 0.529. The van der Waals surface area contributed by atoms with Crippen molar-refractivity contribution in [2.75, 3.05) is 13.2 Å². The van der Waals surface area contributed by atoms with Crippen LogP contribution >= 0.6 is 0 Å². The number of aliphatic hydroxyl groups is 1. The summed E-state index contributed by atoms with van der Waals surface area (Å²) in [5.74, 6) is -0.391. The third-order valence-corrected chi connectivity index (χ3v) is 3.20. The monoisotopic (exact) mass is 274 g/mol. The van der Waals surface area contributed by atoms with Gasteiger partial charge in [-0.25, -0.2) is 0 Å². The fraction of sp³-hybridized carbons (Fsp3) is 0.333. The van der Waals surface area contributed by atoms with E-state index in [-0.39, 0.29) is 36.9 Å². The largest absolute Gasteiger partial charge is 0.396 e. The van der Waals surface area contributed by atoms with Crippen LogP contribution in [-0.2, 0) is 4.79 Å². The molecule has 0 spiro atoms. The molecule has 1 aliphatic rings. The van der Waals surface area contributed by atoms with Crippen molar-refractivity contribution in [1.82, 2.24) is 10.6 Å². The summed E-state index contributed by atoms with van der Waals surface area (Å²) in [6, 6.07) is 8.69. The smallest absolute Gasteiger partial charge is 0.251 e. The summed E-state index contributed by atoms with van der Waals surface area (Å²) >= 11 is 0. The third kappa shape index (κ3) is 3.93. The van der Waals surface area contributed by atoms with Crippen LogP contribution in [0, 0.1) is 5.92 Å². The normalized spacial score (nSPS) is 20.6. The Balaban J connectivity index is 1.73. The molecule has 3 N–H and O–H groups in total. The van der Waals surface area contributed by atoms with Gasteiger partial charge < -0.3 is 15.7 Å². The van der Waals surface area contributed by atoms with Gasteiger partial charge in [-0.3, -0.25) is 9.59 Å². The van der Waals surface area contributed by atoms with Crippen LogP contribution in [0.15, 0.2) is 42.5 Å². The molecule has 2 rings (SSSR count). The Morgan fingerprint density at radius 3 is 2.60 bits per heavy atom. The zero-order valence-electron chi connectivity index (χ0n) is 11.1. The van der Waals surface area contributed by atoms with Gasteiger partial charge in [0.2, 0.25) is 5.91 Å². The van der Waals surface area contributed by atoms with Crippen molar-refractivity contribution in [2.24, 2.45) is 5.92 Å². The molecule has 2 amide bonds. The van der Waals surface area contributed by atoms with Crippen molar-refractivity contribution < 1.29 is 14.7 Å². The van der Waals surface area contributed by atoms with Crippen LogP contribution in [0.1, 0.15) is 16.8 Å². The first-order valence-electron chi connectivity index (χ1n) is 6.61.